The number of para-hydroxylation sites is 3. The van der Waals surface area contributed by atoms with Crippen LogP contribution in [0.3, 0.4) is 0 Å². The molecule has 0 saturated carbocycles. The minimum Gasteiger partial charge on any atom is -0.389 e. The zero-order chi connectivity index (χ0) is 29.7. The van der Waals surface area contributed by atoms with E-state index in [0.29, 0.717) is 45.9 Å². The number of halogens is 1. The number of hydrogen-bond acceptors (Lipinski definition) is 4. The molecule has 1 unspecified atom stereocenters. The van der Waals surface area contributed by atoms with E-state index >= 15 is 0 Å². The number of hydrazone groups is 1. The third-order valence-electron chi connectivity index (χ3n) is 7.91. The number of pyridine rings is 1. The number of hydrogen-bond donors (Lipinski definition) is 1. The summed E-state index contributed by atoms with van der Waals surface area (Å²) in [6, 6.07) is 30.0. The Hall–Kier alpha value is -4.98. The smallest absolute Gasteiger partial charge is 0.280 e. The highest BCUT2D eigenvalue weighted by atomic mass is 35.5. The van der Waals surface area contributed by atoms with Gasteiger partial charge in [0.15, 0.2) is 5.43 Å². The summed E-state index contributed by atoms with van der Waals surface area (Å²) < 4.78 is 4.03. The molecule has 1 aliphatic rings. The maximum Gasteiger partial charge on any atom is 0.280 e. The summed E-state index contributed by atoms with van der Waals surface area (Å²) in [7, 11) is 0. The Kier molecular flexibility index (Phi) is 6.69. The van der Waals surface area contributed by atoms with Crippen LogP contribution in [0.2, 0.25) is 5.02 Å². The molecule has 0 fully saturated rings. The van der Waals surface area contributed by atoms with E-state index < -0.39 is 6.10 Å². The molecule has 6 aromatic rings. The van der Waals surface area contributed by atoms with Crippen molar-refractivity contribution >= 4 is 67.7 Å². The molecule has 8 heteroatoms. The summed E-state index contributed by atoms with van der Waals surface area (Å²) in [5.41, 5.74) is 5.06. The van der Waals surface area contributed by atoms with Gasteiger partial charge in [-0.15, -0.1) is 0 Å². The van der Waals surface area contributed by atoms with E-state index in [9.17, 15) is 14.7 Å². The highest BCUT2D eigenvalue weighted by Crippen LogP contribution is 2.30. The fourth-order valence-electron chi connectivity index (χ4n) is 5.93. The molecule has 1 aliphatic heterocycles. The van der Waals surface area contributed by atoms with Crippen LogP contribution in [0.25, 0.3) is 38.8 Å². The average Bonchev–Trinajstić information content (AvgIpc) is 3.51. The second-order valence-electron chi connectivity index (χ2n) is 10.7. The van der Waals surface area contributed by atoms with Gasteiger partial charge in [0.2, 0.25) is 0 Å². The molecule has 212 valence electrons. The van der Waals surface area contributed by atoms with Gasteiger partial charge in [0.05, 0.1) is 47.2 Å². The molecule has 0 saturated heterocycles. The third kappa shape index (κ3) is 4.73. The van der Waals surface area contributed by atoms with Crippen molar-refractivity contribution in [3.8, 4) is 0 Å². The van der Waals surface area contributed by atoms with Crippen LogP contribution in [0.5, 0.6) is 0 Å². The molecule has 1 atom stereocenters. The summed E-state index contributed by atoms with van der Waals surface area (Å²) >= 11 is 6.16. The molecule has 4 aromatic carbocycles. The normalized spacial score (nSPS) is 15.2. The topological polar surface area (TPSA) is 79.8 Å². The van der Waals surface area contributed by atoms with Gasteiger partial charge in [0.25, 0.3) is 5.91 Å². The van der Waals surface area contributed by atoms with Gasteiger partial charge in [0.1, 0.15) is 0 Å². The van der Waals surface area contributed by atoms with Crippen molar-refractivity contribution in [3.05, 3.63) is 130 Å². The van der Waals surface area contributed by atoms with Crippen molar-refractivity contribution < 1.29 is 9.90 Å². The number of anilines is 1. The number of carbonyl (C=O) groups is 1. The van der Waals surface area contributed by atoms with Crippen LogP contribution in [0.4, 0.5) is 5.69 Å². The molecular formula is C35H27ClN4O3. The highest BCUT2D eigenvalue weighted by Gasteiger charge is 2.29. The second-order valence-corrected chi connectivity index (χ2v) is 11.2. The van der Waals surface area contributed by atoms with E-state index in [1.54, 1.807) is 24.3 Å². The van der Waals surface area contributed by atoms with Gasteiger partial charge in [-0.2, -0.15) is 10.1 Å². The van der Waals surface area contributed by atoms with Gasteiger partial charge in [-0.25, -0.2) is 0 Å². The number of amides is 1. The van der Waals surface area contributed by atoms with Gasteiger partial charge in [-0.3, -0.25) is 9.59 Å². The zero-order valence-corrected chi connectivity index (χ0v) is 24.1. The van der Waals surface area contributed by atoms with E-state index in [0.717, 1.165) is 27.5 Å². The summed E-state index contributed by atoms with van der Waals surface area (Å²) in [4.78, 5) is 26.6. The van der Waals surface area contributed by atoms with Gasteiger partial charge in [-0.1, -0.05) is 60.1 Å². The number of nitrogens with zero attached hydrogens (tertiary/aromatic N) is 4. The van der Waals surface area contributed by atoms with E-state index in [2.05, 4.69) is 5.10 Å². The summed E-state index contributed by atoms with van der Waals surface area (Å²) in [5.74, 6) is -0.228. The Morgan fingerprint density at radius 1 is 0.814 bits per heavy atom. The molecule has 0 bridgehead atoms. The third-order valence-corrected chi connectivity index (χ3v) is 8.15. The van der Waals surface area contributed by atoms with Gasteiger partial charge < -0.3 is 14.2 Å². The molecule has 7 rings (SSSR count). The average molecular weight is 587 g/mol. The Balaban J connectivity index is 1.23. The molecule has 0 spiro atoms. The van der Waals surface area contributed by atoms with Crippen molar-refractivity contribution in [1.29, 1.82) is 0 Å². The van der Waals surface area contributed by atoms with Crippen LogP contribution in [-0.4, -0.2) is 32.0 Å². The van der Waals surface area contributed by atoms with Crippen molar-refractivity contribution in [2.75, 3.05) is 5.01 Å². The Morgan fingerprint density at radius 2 is 1.44 bits per heavy atom. The summed E-state index contributed by atoms with van der Waals surface area (Å²) in [6.07, 6.45) is 3.06. The van der Waals surface area contributed by atoms with E-state index in [1.165, 1.54) is 5.01 Å². The van der Waals surface area contributed by atoms with E-state index in [4.69, 9.17) is 11.6 Å². The molecule has 0 radical (unpaired) electrons. The second kappa shape index (κ2) is 10.7. The first-order valence-electron chi connectivity index (χ1n) is 14.0. The van der Waals surface area contributed by atoms with Crippen molar-refractivity contribution in [1.82, 2.24) is 9.13 Å². The predicted octanol–water partition coefficient (Wildman–Crippen LogP) is 6.63. The molecular weight excluding hydrogens is 560 g/mol. The molecule has 3 heterocycles. The van der Waals surface area contributed by atoms with Gasteiger partial charge in [0, 0.05) is 38.5 Å². The number of benzene rings is 4. The SMILES string of the molecule is CC1=NN(c2cccc(Cl)c2)C(=O)/C1=C\c1cn(CC(O)Cn2c3ccccc3c(=O)c3ccccc32)c2ccccc12. The number of aromatic nitrogens is 2. The first kappa shape index (κ1) is 26.9. The maximum absolute atomic E-state index is 13.4. The van der Waals surface area contributed by atoms with E-state index in [-0.39, 0.29) is 11.3 Å². The maximum atomic E-state index is 13.4. The quantitative estimate of drug-likeness (QED) is 0.176. The van der Waals surface area contributed by atoms with Crippen LogP contribution < -0.4 is 10.4 Å². The number of carbonyl (C=O) groups excluding carboxylic acids is 1. The van der Waals surface area contributed by atoms with Crippen molar-refractivity contribution in [2.24, 2.45) is 5.10 Å². The lowest BCUT2D eigenvalue weighted by atomic mass is 10.1. The molecule has 1 amide bonds. The monoisotopic (exact) mass is 586 g/mol. The first-order chi connectivity index (χ1) is 20.9. The molecule has 1 N–H and O–H groups in total. The lowest BCUT2D eigenvalue weighted by Gasteiger charge is -2.19. The van der Waals surface area contributed by atoms with Crippen LogP contribution in [0.15, 0.2) is 119 Å². The lowest BCUT2D eigenvalue weighted by Crippen LogP contribution is -2.23. The number of aliphatic hydroxyl groups is 1. The Labute approximate surface area is 252 Å². The first-order valence-corrected chi connectivity index (χ1v) is 14.4. The van der Waals surface area contributed by atoms with Crippen molar-refractivity contribution in [3.63, 3.8) is 0 Å². The van der Waals surface area contributed by atoms with Gasteiger partial charge >= 0.3 is 0 Å². The largest absolute Gasteiger partial charge is 0.389 e. The molecule has 0 aliphatic carbocycles. The summed E-state index contributed by atoms with van der Waals surface area (Å²) in [6.45, 7) is 2.42. The van der Waals surface area contributed by atoms with Crippen LogP contribution >= 0.6 is 11.6 Å². The number of rotatable bonds is 6. The molecule has 2 aromatic heterocycles. The minimum atomic E-state index is -0.764. The number of fused-ring (bicyclic) bond motifs is 3. The lowest BCUT2D eigenvalue weighted by molar-refractivity contribution is -0.114. The van der Waals surface area contributed by atoms with Gasteiger partial charge in [-0.05, 0) is 61.5 Å². The summed E-state index contributed by atoms with van der Waals surface area (Å²) in [5, 5.41) is 20.0. The fourth-order valence-corrected chi connectivity index (χ4v) is 6.12. The predicted molar refractivity (Wildman–Crippen MR) is 174 cm³/mol. The van der Waals surface area contributed by atoms with Crippen LogP contribution in [0, 0.1) is 0 Å². The Bertz CT molecular complexity index is 2130. The molecule has 7 nitrogen and oxygen atoms in total. The number of aliphatic hydroxyl groups excluding tert-OH is 1. The minimum absolute atomic E-state index is 0.0137. The van der Waals surface area contributed by atoms with Crippen molar-refractivity contribution in [2.45, 2.75) is 26.1 Å². The standard InChI is InChI=1S/C35H27ClN4O3/c1-22-30(35(43)40(37-22)25-10-8-9-24(36)18-25)17-23-19-38(31-14-5-2-11-27(23)31)20-26(41)21-39-32-15-6-3-12-28(32)34(42)29-13-4-7-16-33(29)39/h2-19,26,41H,20-21H2,1H3/b30-17-. The Morgan fingerprint density at radius 3 is 2.12 bits per heavy atom. The fraction of sp³-hybridized carbons (Fsp3) is 0.114. The highest BCUT2D eigenvalue weighted by molar-refractivity contribution is 6.33. The molecule has 43 heavy (non-hydrogen) atoms. The van der Waals surface area contributed by atoms with E-state index in [1.807, 2.05) is 101 Å². The van der Waals surface area contributed by atoms with Crippen LogP contribution in [0.1, 0.15) is 12.5 Å². The van der Waals surface area contributed by atoms with Crippen LogP contribution in [-0.2, 0) is 17.9 Å². The zero-order valence-electron chi connectivity index (χ0n) is 23.3.